The third kappa shape index (κ3) is 6.51. The zero-order chi connectivity index (χ0) is 25.9. The van der Waals surface area contributed by atoms with Gasteiger partial charge >= 0.3 is 0 Å². The van der Waals surface area contributed by atoms with Crippen molar-refractivity contribution in [3.05, 3.63) is 0 Å². The summed E-state index contributed by atoms with van der Waals surface area (Å²) in [5.41, 5.74) is 17.2. The highest BCUT2D eigenvalue weighted by Gasteiger charge is 2.52. The number of aliphatic hydroxyl groups excluding tert-OH is 2. The van der Waals surface area contributed by atoms with Crippen molar-refractivity contribution in [3.63, 3.8) is 0 Å². The molecule has 0 amide bonds. The first kappa shape index (κ1) is 29.1. The molecular weight excluding hydrogens is 458 g/mol. The van der Waals surface area contributed by atoms with Crippen molar-refractivity contribution in [2.24, 2.45) is 17.2 Å². The van der Waals surface area contributed by atoms with Gasteiger partial charge in [0.05, 0.1) is 24.8 Å². The van der Waals surface area contributed by atoms with Crippen LogP contribution < -0.4 is 22.5 Å². The van der Waals surface area contributed by atoms with Crippen LogP contribution in [0.25, 0.3) is 0 Å². The number of nitrogens with two attached hydrogens (primary N) is 3. The smallest absolute Gasteiger partial charge is 0.185 e. The molecule has 35 heavy (non-hydrogen) atoms. The third-order valence-corrected chi connectivity index (χ3v) is 7.58. The van der Waals surface area contributed by atoms with Gasteiger partial charge < -0.3 is 56.8 Å². The lowest BCUT2D eigenvalue weighted by Gasteiger charge is -2.50. The van der Waals surface area contributed by atoms with Crippen molar-refractivity contribution in [2.45, 2.75) is 113 Å². The van der Waals surface area contributed by atoms with Crippen molar-refractivity contribution in [2.75, 3.05) is 33.3 Å². The van der Waals surface area contributed by atoms with E-state index < -0.39 is 54.7 Å². The molecule has 12 atom stereocenters. The molecule has 0 unspecified atom stereocenters. The largest absolute Gasteiger partial charge is 0.388 e. The summed E-state index contributed by atoms with van der Waals surface area (Å²) in [6.07, 6.45) is -3.94. The van der Waals surface area contributed by atoms with Gasteiger partial charge in [-0.2, -0.15) is 0 Å². The molecular formula is C23H47N5O7. The second-order valence-electron chi connectivity index (χ2n) is 10.4. The minimum Gasteiger partial charge on any atom is -0.388 e. The summed E-state index contributed by atoms with van der Waals surface area (Å²) < 4.78 is 24.0. The molecule has 0 aromatic rings. The number of likely N-dealkylation sites (N-methyl/N-ethyl adjacent to an activating group) is 2. The first-order valence-corrected chi connectivity index (χ1v) is 12.8. The molecule has 3 aliphatic rings. The summed E-state index contributed by atoms with van der Waals surface area (Å²) in [4.78, 5) is 1.86. The molecule has 0 radical (unpaired) electrons. The molecule has 3 rings (SSSR count). The van der Waals surface area contributed by atoms with Gasteiger partial charge in [0.15, 0.2) is 12.6 Å². The summed E-state index contributed by atoms with van der Waals surface area (Å²) in [6.45, 7) is 7.11. The van der Waals surface area contributed by atoms with Gasteiger partial charge in [0.1, 0.15) is 30.0 Å². The molecule has 0 spiro atoms. The van der Waals surface area contributed by atoms with Crippen LogP contribution >= 0.6 is 0 Å². The van der Waals surface area contributed by atoms with Crippen LogP contribution in [0, 0.1) is 0 Å². The molecule has 1 saturated carbocycles. The van der Waals surface area contributed by atoms with E-state index in [1.807, 2.05) is 25.8 Å². The van der Waals surface area contributed by atoms with E-state index in [2.05, 4.69) is 5.32 Å². The number of aliphatic hydroxyl groups is 3. The maximum absolute atomic E-state index is 11.4. The summed E-state index contributed by atoms with van der Waals surface area (Å²) in [5, 5.41) is 36.6. The van der Waals surface area contributed by atoms with Crippen LogP contribution in [0.4, 0.5) is 0 Å². The Kier molecular flexibility index (Phi) is 10.3. The molecule has 2 saturated heterocycles. The highest BCUT2D eigenvalue weighted by Crippen LogP contribution is 2.33. The second-order valence-corrected chi connectivity index (χ2v) is 10.4. The van der Waals surface area contributed by atoms with Crippen LogP contribution in [0.3, 0.4) is 0 Å². The molecule has 12 nitrogen and oxygen atoms in total. The number of ether oxygens (including phenoxy) is 4. The normalized spacial score (nSPS) is 47.2. The van der Waals surface area contributed by atoms with Crippen molar-refractivity contribution >= 4 is 0 Å². The maximum atomic E-state index is 11.4. The average Bonchev–Trinajstić information content (AvgIpc) is 2.81. The lowest BCUT2D eigenvalue weighted by atomic mass is 9.83. The van der Waals surface area contributed by atoms with Crippen molar-refractivity contribution < 1.29 is 34.3 Å². The molecule has 10 N–H and O–H groups in total. The predicted octanol–water partition coefficient (Wildman–Crippen LogP) is -2.59. The first-order valence-electron chi connectivity index (χ1n) is 12.8. The monoisotopic (exact) mass is 505 g/mol. The van der Waals surface area contributed by atoms with Gasteiger partial charge in [-0.15, -0.1) is 0 Å². The Morgan fingerprint density at radius 2 is 1.74 bits per heavy atom. The number of hydrogen-bond acceptors (Lipinski definition) is 12. The van der Waals surface area contributed by atoms with Gasteiger partial charge in [-0.05, 0) is 46.3 Å². The Morgan fingerprint density at radius 1 is 1.06 bits per heavy atom. The standard InChI is InChI=1S/C23H47N5O7/c1-5-27-15-9-14(26)18(34-21-13(25)8-7-12(10-24)33-21)16(29)19(15)35-22-17(30)20(28(4)6-2)23(3,31)11-32-22/h12-22,27,29-31H,5-11,24-26H2,1-4H3/t12-,13+,14-,15+,16-,17+,18+,19-,20+,21+,22+,23-/m0/s1. The van der Waals surface area contributed by atoms with Crippen LogP contribution in [0.1, 0.15) is 40.0 Å². The predicted molar refractivity (Wildman–Crippen MR) is 129 cm³/mol. The fourth-order valence-corrected chi connectivity index (χ4v) is 5.55. The number of nitrogens with one attached hydrogen (secondary N) is 1. The highest BCUT2D eigenvalue weighted by atomic mass is 16.7. The lowest BCUT2D eigenvalue weighted by Crippen LogP contribution is -2.69. The topological polar surface area (TPSA) is 191 Å². The van der Waals surface area contributed by atoms with Gasteiger partial charge in [-0.3, -0.25) is 4.90 Å². The highest BCUT2D eigenvalue weighted by molar-refractivity contribution is 5.03. The van der Waals surface area contributed by atoms with Crippen LogP contribution in [-0.2, 0) is 18.9 Å². The van der Waals surface area contributed by atoms with Gasteiger partial charge in [0.2, 0.25) is 0 Å². The molecule has 2 aliphatic heterocycles. The molecule has 206 valence electrons. The van der Waals surface area contributed by atoms with Gasteiger partial charge in [-0.25, -0.2) is 0 Å². The van der Waals surface area contributed by atoms with Crippen LogP contribution in [0.2, 0.25) is 0 Å². The number of rotatable bonds is 9. The third-order valence-electron chi connectivity index (χ3n) is 7.58. The van der Waals surface area contributed by atoms with Gasteiger partial charge in [0, 0.05) is 18.6 Å². The molecule has 0 aromatic carbocycles. The fraction of sp³-hybridized carbons (Fsp3) is 1.00. The van der Waals surface area contributed by atoms with Crippen molar-refractivity contribution in [1.82, 2.24) is 10.2 Å². The van der Waals surface area contributed by atoms with Crippen LogP contribution in [0.15, 0.2) is 0 Å². The van der Waals surface area contributed by atoms with Crippen molar-refractivity contribution in [3.8, 4) is 0 Å². The fourth-order valence-electron chi connectivity index (χ4n) is 5.55. The molecule has 3 fully saturated rings. The Bertz CT molecular complexity index is 662. The minimum atomic E-state index is -1.27. The van der Waals surface area contributed by atoms with Crippen LogP contribution in [-0.4, -0.2) is 126 Å². The molecule has 0 aromatic heterocycles. The van der Waals surface area contributed by atoms with E-state index in [1.165, 1.54) is 0 Å². The van der Waals surface area contributed by atoms with E-state index >= 15 is 0 Å². The SMILES string of the molecule is CCN[C@@H]1C[C@H](N)[C@@H](O[C@H]2O[C@H](CN)CC[C@H]2N)[C@H](O)[C@H]1O[C@H]1OC[C@](C)(O)[C@H](N(C)CC)[C@H]1O. The Labute approximate surface area is 208 Å². The average molecular weight is 506 g/mol. The Morgan fingerprint density at radius 3 is 2.37 bits per heavy atom. The van der Waals surface area contributed by atoms with Gasteiger partial charge in [0.25, 0.3) is 0 Å². The number of hydrogen-bond donors (Lipinski definition) is 7. The summed E-state index contributed by atoms with van der Waals surface area (Å²) in [6, 6.07) is -1.78. The van der Waals surface area contributed by atoms with Gasteiger partial charge in [-0.1, -0.05) is 13.8 Å². The molecule has 1 aliphatic carbocycles. The van der Waals surface area contributed by atoms with Crippen molar-refractivity contribution in [1.29, 1.82) is 0 Å². The Balaban J connectivity index is 1.77. The van der Waals surface area contributed by atoms with E-state index in [4.69, 9.17) is 36.1 Å². The van der Waals surface area contributed by atoms with Crippen LogP contribution in [0.5, 0.6) is 0 Å². The summed E-state index contributed by atoms with van der Waals surface area (Å²) in [5.74, 6) is 0. The molecule has 0 bridgehead atoms. The second kappa shape index (κ2) is 12.4. The zero-order valence-corrected chi connectivity index (χ0v) is 21.5. The quantitative estimate of drug-likeness (QED) is 0.173. The lowest BCUT2D eigenvalue weighted by molar-refractivity contribution is -0.315. The Hall–Kier alpha value is -0.480. The van der Waals surface area contributed by atoms with E-state index in [9.17, 15) is 15.3 Å². The number of nitrogens with zero attached hydrogens (tertiary/aromatic N) is 1. The summed E-state index contributed by atoms with van der Waals surface area (Å²) in [7, 11) is 1.83. The van der Waals surface area contributed by atoms with E-state index in [0.29, 0.717) is 32.5 Å². The first-order chi connectivity index (χ1) is 16.5. The minimum absolute atomic E-state index is 0.0247. The van der Waals surface area contributed by atoms with E-state index in [0.717, 1.165) is 6.42 Å². The van der Waals surface area contributed by atoms with E-state index in [1.54, 1.807) is 6.92 Å². The van der Waals surface area contributed by atoms with E-state index in [-0.39, 0.29) is 24.8 Å². The zero-order valence-electron chi connectivity index (χ0n) is 21.5. The summed E-state index contributed by atoms with van der Waals surface area (Å²) >= 11 is 0. The molecule has 12 heteroatoms. The maximum Gasteiger partial charge on any atom is 0.185 e. The molecule has 2 heterocycles.